The van der Waals surface area contributed by atoms with Gasteiger partial charge in [-0.3, -0.25) is 4.79 Å². The first-order valence-electron chi connectivity index (χ1n) is 9.55. The van der Waals surface area contributed by atoms with Crippen LogP contribution in [0, 0.1) is 28.1 Å². The third-order valence-electron chi connectivity index (χ3n) is 6.02. The summed E-state index contributed by atoms with van der Waals surface area (Å²) in [6.45, 7) is 1.49. The van der Waals surface area contributed by atoms with Crippen LogP contribution >= 0.6 is 0 Å². The molecule has 3 atom stereocenters. The highest BCUT2D eigenvalue weighted by Crippen LogP contribution is 2.55. The molecule has 0 radical (unpaired) electrons. The van der Waals surface area contributed by atoms with Crippen LogP contribution in [-0.2, 0) is 9.53 Å². The van der Waals surface area contributed by atoms with Crippen LogP contribution < -0.4 is 4.90 Å². The molecular formula is C24H19N3O3. The Bertz CT molecular complexity index is 1120. The smallest absolute Gasteiger partial charge is 0.337 e. The second-order valence-electron chi connectivity index (χ2n) is 7.51. The molecule has 0 spiro atoms. The highest BCUT2D eigenvalue weighted by Gasteiger charge is 2.62. The maximum Gasteiger partial charge on any atom is 0.337 e. The van der Waals surface area contributed by atoms with Gasteiger partial charge in [-0.2, -0.15) is 10.5 Å². The summed E-state index contributed by atoms with van der Waals surface area (Å²) in [5.74, 6) is -1.28. The average Bonchev–Trinajstić information content (AvgIpc) is 3.10. The van der Waals surface area contributed by atoms with Gasteiger partial charge >= 0.3 is 5.97 Å². The first kappa shape index (κ1) is 19.4. The van der Waals surface area contributed by atoms with E-state index in [0.717, 1.165) is 11.3 Å². The van der Waals surface area contributed by atoms with Gasteiger partial charge in [-0.1, -0.05) is 42.5 Å². The Morgan fingerprint density at radius 1 is 1.07 bits per heavy atom. The second-order valence-corrected chi connectivity index (χ2v) is 7.51. The van der Waals surface area contributed by atoms with Gasteiger partial charge in [0, 0.05) is 11.6 Å². The molecule has 0 N–H and O–H groups in total. The largest absolute Gasteiger partial charge is 0.465 e. The molecule has 0 bridgehead atoms. The average molecular weight is 397 g/mol. The maximum absolute atomic E-state index is 12.9. The van der Waals surface area contributed by atoms with Gasteiger partial charge in [-0.25, -0.2) is 4.79 Å². The number of hydrogen-bond donors (Lipinski definition) is 0. The van der Waals surface area contributed by atoms with Gasteiger partial charge in [0.25, 0.3) is 0 Å². The molecular weight excluding hydrogens is 378 g/mol. The first-order valence-corrected chi connectivity index (χ1v) is 9.55. The summed E-state index contributed by atoms with van der Waals surface area (Å²) in [7, 11) is 1.30. The van der Waals surface area contributed by atoms with Crippen molar-refractivity contribution in [3.8, 4) is 12.1 Å². The molecule has 4 rings (SSSR count). The normalized spacial score (nSPS) is 22.9. The Hall–Kier alpha value is -3.90. The summed E-state index contributed by atoms with van der Waals surface area (Å²) in [6.07, 6.45) is 3.74. The van der Waals surface area contributed by atoms with E-state index >= 15 is 0 Å². The van der Waals surface area contributed by atoms with Crippen LogP contribution in [0.3, 0.4) is 0 Å². The van der Waals surface area contributed by atoms with Crippen molar-refractivity contribution in [2.24, 2.45) is 5.41 Å². The summed E-state index contributed by atoms with van der Waals surface area (Å²) in [4.78, 5) is 26.6. The molecule has 30 heavy (non-hydrogen) atoms. The van der Waals surface area contributed by atoms with Crippen LogP contribution in [0.25, 0.3) is 6.08 Å². The first-order chi connectivity index (χ1) is 14.5. The third kappa shape index (κ3) is 2.62. The number of Topliss-reactive ketones (excluding diaryl/α,β-unsaturated/α-hetero) is 1. The highest BCUT2D eigenvalue weighted by atomic mass is 16.5. The molecule has 2 aliphatic rings. The third-order valence-corrected chi connectivity index (χ3v) is 6.02. The minimum absolute atomic E-state index is 0.125. The molecule has 2 heterocycles. The molecule has 0 aromatic heterocycles. The predicted octanol–water partition coefficient (Wildman–Crippen LogP) is 3.46. The summed E-state index contributed by atoms with van der Waals surface area (Å²) < 4.78 is 4.75. The maximum atomic E-state index is 12.9. The van der Waals surface area contributed by atoms with Crippen molar-refractivity contribution >= 4 is 23.5 Å². The summed E-state index contributed by atoms with van der Waals surface area (Å²) in [5, 5.41) is 20.4. The number of benzene rings is 2. The molecule has 0 amide bonds. The fourth-order valence-corrected chi connectivity index (χ4v) is 4.71. The lowest BCUT2D eigenvalue weighted by molar-refractivity contribution is -0.118. The number of nitrogens with zero attached hydrogens (tertiary/aromatic N) is 3. The van der Waals surface area contributed by atoms with Crippen LogP contribution in [0.15, 0.2) is 54.6 Å². The van der Waals surface area contributed by atoms with E-state index in [1.807, 2.05) is 41.3 Å². The van der Waals surface area contributed by atoms with Crippen LogP contribution in [0.1, 0.15) is 34.3 Å². The van der Waals surface area contributed by atoms with Crippen LogP contribution in [0.5, 0.6) is 0 Å². The fraction of sp³-hybridized carbons (Fsp3) is 0.250. The monoisotopic (exact) mass is 397 g/mol. The van der Waals surface area contributed by atoms with Gasteiger partial charge in [0.05, 0.1) is 36.9 Å². The van der Waals surface area contributed by atoms with E-state index in [0.29, 0.717) is 11.1 Å². The topological polar surface area (TPSA) is 94.2 Å². The Labute approximate surface area is 174 Å². The van der Waals surface area contributed by atoms with Crippen LogP contribution in [-0.4, -0.2) is 30.9 Å². The molecule has 2 aromatic carbocycles. The number of ether oxygens (including phenoxy) is 1. The number of carbonyl (C=O) groups is 2. The van der Waals surface area contributed by atoms with Gasteiger partial charge in [-0.15, -0.1) is 0 Å². The number of hydrogen-bond acceptors (Lipinski definition) is 6. The molecule has 2 aromatic rings. The standard InChI is InChI=1S/C24H19N3O3/c1-15(28)22-21(17-7-9-18(10-8-17)23(29)30-2)24(13-25,14-26)20-12-11-16-5-3-4-6-19(16)27(20)22/h3-12,20-22H,1-2H3/t20-,21-,22+/m1/s1. The summed E-state index contributed by atoms with van der Waals surface area (Å²) in [6, 6.07) is 17.5. The quantitative estimate of drug-likeness (QED) is 0.736. The number of ketones is 1. The molecule has 2 aliphatic heterocycles. The van der Waals surface area contributed by atoms with Crippen molar-refractivity contribution in [1.29, 1.82) is 10.5 Å². The summed E-state index contributed by atoms with van der Waals surface area (Å²) >= 11 is 0. The van der Waals surface area contributed by atoms with E-state index in [1.54, 1.807) is 24.3 Å². The predicted molar refractivity (Wildman–Crippen MR) is 110 cm³/mol. The molecule has 0 unspecified atom stereocenters. The molecule has 1 saturated heterocycles. The molecule has 0 aliphatic carbocycles. The zero-order valence-corrected chi connectivity index (χ0v) is 16.6. The van der Waals surface area contributed by atoms with Crippen molar-refractivity contribution in [1.82, 2.24) is 0 Å². The highest BCUT2D eigenvalue weighted by molar-refractivity contribution is 5.92. The lowest BCUT2D eigenvalue weighted by Gasteiger charge is -2.35. The molecule has 6 heteroatoms. The van der Waals surface area contributed by atoms with Gasteiger partial charge < -0.3 is 9.64 Å². The Morgan fingerprint density at radius 2 is 1.73 bits per heavy atom. The van der Waals surface area contributed by atoms with Crippen molar-refractivity contribution in [3.05, 3.63) is 71.3 Å². The number of nitriles is 2. The number of carbonyl (C=O) groups excluding carboxylic acids is 2. The summed E-state index contributed by atoms with van der Waals surface area (Å²) in [5.41, 5.74) is 1.32. The molecule has 148 valence electrons. The number of anilines is 1. The van der Waals surface area contributed by atoms with E-state index in [-0.39, 0.29) is 5.78 Å². The van der Waals surface area contributed by atoms with Gasteiger partial charge in [0.1, 0.15) is 0 Å². The number of methoxy groups -OCH3 is 1. The van der Waals surface area contributed by atoms with Crippen molar-refractivity contribution in [2.75, 3.05) is 12.0 Å². The number of fused-ring (bicyclic) bond motifs is 3. The SMILES string of the molecule is COC(=O)c1ccc([C@@H]2[C@H](C(C)=O)N3c4ccccc4C=C[C@@H]3C2(C#N)C#N)cc1. The molecule has 1 fully saturated rings. The van der Waals surface area contributed by atoms with Crippen molar-refractivity contribution in [2.45, 2.75) is 24.9 Å². The van der Waals surface area contributed by atoms with Gasteiger partial charge in [0.2, 0.25) is 0 Å². The van der Waals surface area contributed by atoms with Gasteiger partial charge in [0.15, 0.2) is 11.2 Å². The minimum atomic E-state index is -1.47. The molecule has 6 nitrogen and oxygen atoms in total. The number of esters is 1. The van der Waals surface area contributed by atoms with Gasteiger partial charge in [-0.05, 0) is 36.2 Å². The number of para-hydroxylation sites is 1. The number of rotatable bonds is 3. The fourth-order valence-electron chi connectivity index (χ4n) is 4.71. The lowest BCUT2D eigenvalue weighted by atomic mass is 9.69. The zero-order chi connectivity index (χ0) is 21.5. The Kier molecular flexibility index (Phi) is 4.64. The minimum Gasteiger partial charge on any atom is -0.465 e. The van der Waals surface area contributed by atoms with Crippen LogP contribution in [0.2, 0.25) is 0 Å². The van der Waals surface area contributed by atoms with E-state index in [1.165, 1.54) is 14.0 Å². The zero-order valence-electron chi connectivity index (χ0n) is 16.6. The Morgan fingerprint density at radius 3 is 2.33 bits per heavy atom. The van der Waals surface area contributed by atoms with E-state index in [9.17, 15) is 20.1 Å². The van der Waals surface area contributed by atoms with Crippen molar-refractivity contribution < 1.29 is 14.3 Å². The molecule has 0 saturated carbocycles. The van der Waals surface area contributed by atoms with E-state index in [2.05, 4.69) is 12.1 Å². The second kappa shape index (κ2) is 7.17. The van der Waals surface area contributed by atoms with Crippen molar-refractivity contribution in [3.63, 3.8) is 0 Å². The van der Waals surface area contributed by atoms with E-state index in [4.69, 9.17) is 4.74 Å². The lowest BCUT2D eigenvalue weighted by Crippen LogP contribution is -2.43. The van der Waals surface area contributed by atoms with E-state index < -0.39 is 29.4 Å². The Balaban J connectivity index is 1.92. The van der Waals surface area contributed by atoms with Crippen LogP contribution in [0.4, 0.5) is 5.69 Å².